The van der Waals surface area contributed by atoms with Crippen LogP contribution in [-0.2, 0) is 17.8 Å². The van der Waals surface area contributed by atoms with Crippen molar-refractivity contribution < 1.29 is 9.53 Å². The topological polar surface area (TPSA) is 73.2 Å². The maximum absolute atomic E-state index is 11.9. The molecule has 6 nitrogen and oxygen atoms in total. The summed E-state index contributed by atoms with van der Waals surface area (Å²) in [5.41, 5.74) is 1.48. The minimum Gasteiger partial charge on any atom is -0.497 e. The highest BCUT2D eigenvalue weighted by molar-refractivity contribution is 5.78. The molecule has 2 rings (SSSR count). The Labute approximate surface area is 128 Å². The van der Waals surface area contributed by atoms with E-state index in [-0.39, 0.29) is 11.5 Å². The normalized spacial score (nSPS) is 10.3. The molecule has 0 fully saturated rings. The van der Waals surface area contributed by atoms with Crippen LogP contribution in [0.1, 0.15) is 11.3 Å². The SMILES string of the molecule is COc1ccc(CC(=O)NCCn2cnc(C)cc2=O)cc1. The lowest BCUT2D eigenvalue weighted by Gasteiger charge is -2.08. The van der Waals surface area contributed by atoms with Gasteiger partial charge in [0.05, 0.1) is 19.9 Å². The summed E-state index contributed by atoms with van der Waals surface area (Å²) in [6.45, 7) is 2.56. The van der Waals surface area contributed by atoms with Crippen LogP contribution in [0.5, 0.6) is 5.75 Å². The molecule has 1 N–H and O–H groups in total. The molecule has 0 unspecified atom stereocenters. The number of carbonyl (C=O) groups is 1. The second kappa shape index (κ2) is 7.40. The van der Waals surface area contributed by atoms with Crippen molar-refractivity contribution in [2.45, 2.75) is 19.9 Å². The van der Waals surface area contributed by atoms with Crippen molar-refractivity contribution in [3.05, 3.63) is 58.3 Å². The van der Waals surface area contributed by atoms with Crippen LogP contribution in [0.25, 0.3) is 0 Å². The molecule has 1 heterocycles. The Balaban J connectivity index is 1.81. The largest absolute Gasteiger partial charge is 0.497 e. The van der Waals surface area contributed by atoms with Crippen LogP contribution >= 0.6 is 0 Å². The lowest BCUT2D eigenvalue weighted by molar-refractivity contribution is -0.120. The van der Waals surface area contributed by atoms with Crippen molar-refractivity contribution in [2.75, 3.05) is 13.7 Å². The van der Waals surface area contributed by atoms with Gasteiger partial charge in [-0.3, -0.25) is 14.2 Å². The second-order valence-electron chi connectivity index (χ2n) is 4.94. The number of hydrogen-bond acceptors (Lipinski definition) is 4. The third kappa shape index (κ3) is 4.44. The number of methoxy groups -OCH3 is 1. The Bertz CT molecular complexity index is 693. The fourth-order valence-electron chi connectivity index (χ4n) is 1.99. The van der Waals surface area contributed by atoms with Crippen molar-refractivity contribution in [1.29, 1.82) is 0 Å². The number of rotatable bonds is 6. The summed E-state index contributed by atoms with van der Waals surface area (Å²) in [4.78, 5) is 27.6. The highest BCUT2D eigenvalue weighted by Crippen LogP contribution is 2.11. The Morgan fingerprint density at radius 1 is 1.32 bits per heavy atom. The average molecular weight is 301 g/mol. The highest BCUT2D eigenvalue weighted by Gasteiger charge is 2.04. The maximum Gasteiger partial charge on any atom is 0.253 e. The Morgan fingerprint density at radius 3 is 2.68 bits per heavy atom. The number of amides is 1. The first-order valence-electron chi connectivity index (χ1n) is 7.01. The van der Waals surface area contributed by atoms with Crippen LogP contribution < -0.4 is 15.6 Å². The molecule has 0 atom stereocenters. The van der Waals surface area contributed by atoms with E-state index in [2.05, 4.69) is 10.3 Å². The van der Waals surface area contributed by atoms with E-state index in [4.69, 9.17) is 4.74 Å². The molecule has 2 aromatic rings. The summed E-state index contributed by atoms with van der Waals surface area (Å²) in [6, 6.07) is 8.82. The van der Waals surface area contributed by atoms with Crippen molar-refractivity contribution in [2.24, 2.45) is 0 Å². The first-order valence-corrected chi connectivity index (χ1v) is 7.01. The van der Waals surface area contributed by atoms with Crippen LogP contribution in [0.15, 0.2) is 41.5 Å². The smallest absolute Gasteiger partial charge is 0.253 e. The fourth-order valence-corrected chi connectivity index (χ4v) is 1.99. The molecule has 116 valence electrons. The number of nitrogens with zero attached hydrogens (tertiary/aromatic N) is 2. The van der Waals surface area contributed by atoms with Gasteiger partial charge in [0.2, 0.25) is 5.91 Å². The molecule has 22 heavy (non-hydrogen) atoms. The van der Waals surface area contributed by atoms with Gasteiger partial charge in [-0.15, -0.1) is 0 Å². The van der Waals surface area contributed by atoms with E-state index < -0.39 is 0 Å². The van der Waals surface area contributed by atoms with Crippen LogP contribution in [0, 0.1) is 6.92 Å². The third-order valence-corrected chi connectivity index (χ3v) is 3.21. The summed E-state index contributed by atoms with van der Waals surface area (Å²) in [7, 11) is 1.60. The molecule has 1 aromatic heterocycles. The standard InChI is InChI=1S/C16H19N3O3/c1-12-9-16(21)19(11-18-12)8-7-17-15(20)10-13-3-5-14(22-2)6-4-13/h3-6,9,11H,7-8,10H2,1-2H3,(H,17,20). The minimum atomic E-state index is -0.114. The van der Waals surface area contributed by atoms with Gasteiger partial charge in [0.25, 0.3) is 5.56 Å². The van der Waals surface area contributed by atoms with E-state index in [1.807, 2.05) is 24.3 Å². The summed E-state index contributed by atoms with van der Waals surface area (Å²) >= 11 is 0. The Morgan fingerprint density at radius 2 is 2.05 bits per heavy atom. The van der Waals surface area contributed by atoms with Crippen LogP contribution in [0.2, 0.25) is 0 Å². The molecule has 0 aliphatic carbocycles. The highest BCUT2D eigenvalue weighted by atomic mass is 16.5. The fraction of sp³-hybridized carbons (Fsp3) is 0.312. The van der Waals surface area contributed by atoms with E-state index in [1.54, 1.807) is 14.0 Å². The summed E-state index contributed by atoms with van der Waals surface area (Å²) in [5, 5.41) is 2.79. The van der Waals surface area contributed by atoms with Crippen molar-refractivity contribution in [1.82, 2.24) is 14.9 Å². The van der Waals surface area contributed by atoms with Gasteiger partial charge in [0.15, 0.2) is 0 Å². The van der Waals surface area contributed by atoms with Gasteiger partial charge in [-0.1, -0.05) is 12.1 Å². The average Bonchev–Trinajstić information content (AvgIpc) is 2.50. The molecule has 0 spiro atoms. The molecule has 1 amide bonds. The molecule has 0 radical (unpaired) electrons. The first kappa shape index (κ1) is 15.8. The van der Waals surface area contributed by atoms with Crippen LogP contribution in [0.3, 0.4) is 0 Å². The van der Waals surface area contributed by atoms with E-state index in [0.29, 0.717) is 25.2 Å². The first-order chi connectivity index (χ1) is 10.6. The molecular formula is C16H19N3O3. The van der Waals surface area contributed by atoms with Crippen molar-refractivity contribution >= 4 is 5.91 Å². The van der Waals surface area contributed by atoms with Gasteiger partial charge in [-0.25, -0.2) is 4.98 Å². The minimum absolute atomic E-state index is 0.0849. The van der Waals surface area contributed by atoms with E-state index in [0.717, 1.165) is 11.3 Å². The number of nitrogens with one attached hydrogen (secondary N) is 1. The summed E-state index contributed by atoms with van der Waals surface area (Å²) in [6.07, 6.45) is 1.79. The zero-order valence-corrected chi connectivity index (χ0v) is 12.7. The number of hydrogen-bond donors (Lipinski definition) is 1. The van der Waals surface area contributed by atoms with E-state index in [9.17, 15) is 9.59 Å². The molecular weight excluding hydrogens is 282 g/mol. The lowest BCUT2D eigenvalue weighted by atomic mass is 10.1. The molecule has 0 aliphatic heterocycles. The number of carbonyl (C=O) groups excluding carboxylic acids is 1. The molecule has 0 aliphatic rings. The Kier molecular flexibility index (Phi) is 5.30. The molecule has 1 aromatic carbocycles. The maximum atomic E-state index is 11.9. The van der Waals surface area contributed by atoms with Gasteiger partial charge >= 0.3 is 0 Å². The second-order valence-corrected chi connectivity index (χ2v) is 4.94. The summed E-state index contributed by atoms with van der Waals surface area (Å²) < 4.78 is 6.54. The van der Waals surface area contributed by atoms with Gasteiger partial charge in [0.1, 0.15) is 5.75 Å². The predicted octanol–water partition coefficient (Wildman–Crippen LogP) is 0.919. The van der Waals surface area contributed by atoms with Gasteiger partial charge in [-0.2, -0.15) is 0 Å². The number of aryl methyl sites for hydroxylation is 1. The quantitative estimate of drug-likeness (QED) is 0.861. The summed E-state index contributed by atoms with van der Waals surface area (Å²) in [5.74, 6) is 0.675. The molecule has 0 saturated carbocycles. The zero-order chi connectivity index (χ0) is 15.9. The van der Waals surface area contributed by atoms with Crippen LogP contribution in [-0.4, -0.2) is 29.1 Å². The third-order valence-electron chi connectivity index (χ3n) is 3.21. The number of aromatic nitrogens is 2. The van der Waals surface area contributed by atoms with Crippen LogP contribution in [0.4, 0.5) is 0 Å². The van der Waals surface area contributed by atoms with E-state index in [1.165, 1.54) is 17.0 Å². The van der Waals surface area contributed by atoms with Gasteiger partial charge in [-0.05, 0) is 24.6 Å². The van der Waals surface area contributed by atoms with Gasteiger partial charge in [0, 0.05) is 24.8 Å². The molecule has 6 heteroatoms. The number of ether oxygens (including phenoxy) is 1. The predicted molar refractivity (Wildman–Crippen MR) is 82.9 cm³/mol. The van der Waals surface area contributed by atoms with E-state index >= 15 is 0 Å². The zero-order valence-electron chi connectivity index (χ0n) is 12.7. The molecule has 0 bridgehead atoms. The lowest BCUT2D eigenvalue weighted by Crippen LogP contribution is -2.31. The number of benzene rings is 1. The van der Waals surface area contributed by atoms with Crippen molar-refractivity contribution in [3.63, 3.8) is 0 Å². The van der Waals surface area contributed by atoms with Gasteiger partial charge < -0.3 is 10.1 Å². The Hall–Kier alpha value is -2.63. The molecule has 0 saturated heterocycles. The van der Waals surface area contributed by atoms with Crippen molar-refractivity contribution in [3.8, 4) is 5.75 Å². The monoisotopic (exact) mass is 301 g/mol.